The Balaban J connectivity index is 1.57. The minimum Gasteiger partial charge on any atom is -0.497 e. The van der Waals surface area contributed by atoms with E-state index >= 15 is 0 Å². The number of furan rings is 1. The molecule has 1 amide bonds. The summed E-state index contributed by atoms with van der Waals surface area (Å²) >= 11 is 0. The Kier molecular flexibility index (Phi) is 6.21. The Morgan fingerprint density at radius 3 is 2.69 bits per heavy atom. The van der Waals surface area contributed by atoms with Gasteiger partial charge in [-0.25, -0.2) is 4.98 Å². The molecule has 0 aliphatic heterocycles. The van der Waals surface area contributed by atoms with E-state index in [1.807, 2.05) is 6.07 Å². The number of fused-ring (bicyclic) bond motifs is 1. The number of hydrogen-bond acceptors (Lipinski definition) is 6. The summed E-state index contributed by atoms with van der Waals surface area (Å²) in [5, 5.41) is 3.37. The van der Waals surface area contributed by atoms with E-state index in [1.165, 1.54) is 7.11 Å². The van der Waals surface area contributed by atoms with Gasteiger partial charge in [0.15, 0.2) is 0 Å². The fourth-order valence-corrected chi connectivity index (χ4v) is 3.47. The zero-order valence-electron chi connectivity index (χ0n) is 17.8. The monoisotopic (exact) mass is 433 g/mol. The molecule has 0 spiro atoms. The lowest BCUT2D eigenvalue weighted by Crippen LogP contribution is -2.26. The van der Waals surface area contributed by atoms with Crippen molar-refractivity contribution in [2.24, 2.45) is 0 Å². The van der Waals surface area contributed by atoms with E-state index in [4.69, 9.17) is 13.9 Å². The lowest BCUT2D eigenvalue weighted by molar-refractivity contribution is -0.116. The van der Waals surface area contributed by atoms with Crippen LogP contribution in [0.2, 0.25) is 0 Å². The number of amides is 1. The quantitative estimate of drug-likeness (QED) is 0.456. The molecular formula is C24H23N3O5. The molecule has 2 aromatic heterocycles. The highest BCUT2D eigenvalue weighted by Gasteiger charge is 2.15. The van der Waals surface area contributed by atoms with E-state index in [0.29, 0.717) is 39.7 Å². The van der Waals surface area contributed by atoms with E-state index in [1.54, 1.807) is 66.5 Å². The number of hydrogen-bond donors (Lipinski definition) is 1. The number of nitrogens with one attached hydrogen (secondary N) is 1. The molecule has 0 atom stereocenters. The zero-order chi connectivity index (χ0) is 22.5. The number of benzene rings is 2. The van der Waals surface area contributed by atoms with Crippen LogP contribution in [-0.4, -0.2) is 29.7 Å². The van der Waals surface area contributed by atoms with Crippen LogP contribution in [-0.2, 0) is 17.8 Å². The fraction of sp³-hybridized carbons (Fsp3) is 0.208. The normalized spacial score (nSPS) is 10.8. The van der Waals surface area contributed by atoms with Crippen LogP contribution in [0.5, 0.6) is 11.5 Å². The number of para-hydroxylation sites is 1. The number of carbonyl (C=O) groups is 1. The molecule has 0 unspecified atom stereocenters. The first kappa shape index (κ1) is 21.2. The molecule has 0 radical (unpaired) electrons. The third-order valence-electron chi connectivity index (χ3n) is 5.09. The number of aromatic nitrogens is 2. The van der Waals surface area contributed by atoms with Gasteiger partial charge in [-0.1, -0.05) is 12.1 Å². The van der Waals surface area contributed by atoms with Crippen LogP contribution in [0.15, 0.2) is 70.1 Å². The second kappa shape index (κ2) is 9.38. The van der Waals surface area contributed by atoms with Gasteiger partial charge >= 0.3 is 0 Å². The van der Waals surface area contributed by atoms with Gasteiger partial charge in [0.1, 0.15) is 23.1 Å². The van der Waals surface area contributed by atoms with Gasteiger partial charge in [-0.05, 0) is 36.4 Å². The molecule has 4 aromatic rings. The molecule has 0 aliphatic carbocycles. The Hall–Kier alpha value is -4.07. The standard InChI is InChI=1S/C24H23N3O5/c1-30-16-9-10-20(21(14-16)31-2)26-23(28)12-11-22-25-19-8-4-3-7-18(19)24(29)27(22)15-17-6-5-13-32-17/h3-10,13-14H,11-12,15H2,1-2H3,(H,26,28). The predicted molar refractivity (Wildman–Crippen MR) is 120 cm³/mol. The van der Waals surface area contributed by atoms with Gasteiger partial charge in [-0.2, -0.15) is 0 Å². The summed E-state index contributed by atoms with van der Waals surface area (Å²) in [6.45, 7) is 0.243. The Morgan fingerprint density at radius 1 is 1.09 bits per heavy atom. The molecule has 32 heavy (non-hydrogen) atoms. The molecule has 8 heteroatoms. The molecule has 2 heterocycles. The average Bonchev–Trinajstić information content (AvgIpc) is 3.33. The molecule has 0 saturated carbocycles. The fourth-order valence-electron chi connectivity index (χ4n) is 3.47. The summed E-state index contributed by atoms with van der Waals surface area (Å²) in [7, 11) is 3.09. The number of rotatable bonds is 8. The highest BCUT2D eigenvalue weighted by molar-refractivity contribution is 5.92. The number of nitrogens with zero attached hydrogens (tertiary/aromatic N) is 2. The summed E-state index contributed by atoms with van der Waals surface area (Å²) in [5.74, 6) is 2.05. The molecule has 0 bridgehead atoms. The molecule has 0 fully saturated rings. The van der Waals surface area contributed by atoms with Crippen molar-refractivity contribution in [2.45, 2.75) is 19.4 Å². The van der Waals surface area contributed by atoms with Crippen LogP contribution in [0.25, 0.3) is 10.9 Å². The largest absolute Gasteiger partial charge is 0.497 e. The summed E-state index contributed by atoms with van der Waals surface area (Å²) < 4.78 is 17.5. The summed E-state index contributed by atoms with van der Waals surface area (Å²) in [6.07, 6.45) is 1.98. The third kappa shape index (κ3) is 4.49. The number of ether oxygens (including phenoxy) is 2. The Labute approximate surface area is 184 Å². The van der Waals surface area contributed by atoms with E-state index in [9.17, 15) is 9.59 Å². The molecule has 8 nitrogen and oxygen atoms in total. The summed E-state index contributed by atoms with van der Waals surface area (Å²) in [5.41, 5.74) is 0.970. The molecule has 2 aromatic carbocycles. The smallest absolute Gasteiger partial charge is 0.261 e. The van der Waals surface area contributed by atoms with Gasteiger partial charge in [0.05, 0.1) is 43.6 Å². The summed E-state index contributed by atoms with van der Waals surface area (Å²) in [6, 6.07) is 15.9. The Morgan fingerprint density at radius 2 is 1.94 bits per heavy atom. The maximum Gasteiger partial charge on any atom is 0.261 e. The van der Waals surface area contributed by atoms with Crippen molar-refractivity contribution in [3.05, 3.63) is 82.8 Å². The molecule has 164 valence electrons. The van der Waals surface area contributed by atoms with Gasteiger partial charge in [-0.15, -0.1) is 0 Å². The highest BCUT2D eigenvalue weighted by Crippen LogP contribution is 2.29. The van der Waals surface area contributed by atoms with E-state index < -0.39 is 0 Å². The van der Waals surface area contributed by atoms with Crippen LogP contribution in [0, 0.1) is 0 Å². The van der Waals surface area contributed by atoms with Crippen molar-refractivity contribution >= 4 is 22.5 Å². The van der Waals surface area contributed by atoms with Crippen LogP contribution in [0.4, 0.5) is 5.69 Å². The number of aryl methyl sites for hydroxylation is 1. The highest BCUT2D eigenvalue weighted by atomic mass is 16.5. The number of anilines is 1. The van der Waals surface area contributed by atoms with Crippen LogP contribution in [0.3, 0.4) is 0 Å². The molecule has 0 aliphatic rings. The topological polar surface area (TPSA) is 95.6 Å². The molecule has 1 N–H and O–H groups in total. The van der Waals surface area contributed by atoms with Crippen molar-refractivity contribution in [1.82, 2.24) is 9.55 Å². The van der Waals surface area contributed by atoms with Crippen molar-refractivity contribution in [3.8, 4) is 11.5 Å². The van der Waals surface area contributed by atoms with Crippen molar-refractivity contribution in [3.63, 3.8) is 0 Å². The molecule has 4 rings (SSSR count). The van der Waals surface area contributed by atoms with Crippen molar-refractivity contribution in [1.29, 1.82) is 0 Å². The van der Waals surface area contributed by atoms with Gasteiger partial charge in [-0.3, -0.25) is 14.2 Å². The minimum atomic E-state index is -0.222. The van der Waals surface area contributed by atoms with Gasteiger partial charge < -0.3 is 19.2 Å². The SMILES string of the molecule is COc1ccc(NC(=O)CCc2nc3ccccc3c(=O)n2Cc2ccco2)c(OC)c1. The van der Waals surface area contributed by atoms with E-state index in [-0.39, 0.29) is 30.9 Å². The lowest BCUT2D eigenvalue weighted by Gasteiger charge is -2.14. The van der Waals surface area contributed by atoms with E-state index in [0.717, 1.165) is 0 Å². The molecule has 0 saturated heterocycles. The first-order valence-corrected chi connectivity index (χ1v) is 10.1. The van der Waals surface area contributed by atoms with E-state index in [2.05, 4.69) is 10.3 Å². The average molecular weight is 433 g/mol. The predicted octanol–water partition coefficient (Wildman–Crippen LogP) is 3.63. The number of methoxy groups -OCH3 is 2. The van der Waals surface area contributed by atoms with Crippen LogP contribution < -0.4 is 20.3 Å². The van der Waals surface area contributed by atoms with Gasteiger partial charge in [0, 0.05) is 18.9 Å². The maximum absolute atomic E-state index is 13.1. The first-order valence-electron chi connectivity index (χ1n) is 10.1. The van der Waals surface area contributed by atoms with Crippen LogP contribution >= 0.6 is 0 Å². The van der Waals surface area contributed by atoms with Crippen molar-refractivity contribution in [2.75, 3.05) is 19.5 Å². The zero-order valence-corrected chi connectivity index (χ0v) is 17.8. The number of carbonyl (C=O) groups excluding carboxylic acids is 1. The summed E-state index contributed by atoms with van der Waals surface area (Å²) in [4.78, 5) is 30.4. The Bertz CT molecular complexity index is 1290. The second-order valence-corrected chi connectivity index (χ2v) is 7.13. The van der Waals surface area contributed by atoms with Crippen LogP contribution in [0.1, 0.15) is 18.0 Å². The van der Waals surface area contributed by atoms with Gasteiger partial charge in [0.25, 0.3) is 5.56 Å². The van der Waals surface area contributed by atoms with Crippen molar-refractivity contribution < 1.29 is 18.7 Å². The molecular weight excluding hydrogens is 410 g/mol. The second-order valence-electron chi connectivity index (χ2n) is 7.13. The first-order chi connectivity index (χ1) is 15.6. The third-order valence-corrected chi connectivity index (χ3v) is 5.09. The maximum atomic E-state index is 13.1. The van der Waals surface area contributed by atoms with Gasteiger partial charge in [0.2, 0.25) is 5.91 Å². The lowest BCUT2D eigenvalue weighted by atomic mass is 10.2. The minimum absolute atomic E-state index is 0.137.